The number of benzene rings is 1. The third-order valence-electron chi connectivity index (χ3n) is 1.25. The maximum Gasteiger partial charge on any atom is 0.308 e. The lowest BCUT2D eigenvalue weighted by Gasteiger charge is -2.03. The Balaban J connectivity index is 2.91. The minimum Gasteiger partial charge on any atom is -0.426 e. The maximum atomic E-state index is 11.7. The lowest BCUT2D eigenvalue weighted by molar-refractivity contribution is -0.131. The molecular weight excluding hydrogens is 243 g/mol. The Bertz CT molecular complexity index is 327. The average molecular weight is 249 g/mol. The van der Waals surface area contributed by atoms with Gasteiger partial charge in [-0.3, -0.25) is 9.74 Å². The van der Waals surface area contributed by atoms with Gasteiger partial charge in [0, 0.05) is 17.5 Å². The van der Waals surface area contributed by atoms with Crippen LogP contribution < -0.4 is 9.68 Å². The van der Waals surface area contributed by atoms with Crippen LogP contribution in [0.5, 0.6) is 11.5 Å². The fourth-order valence-corrected chi connectivity index (χ4v) is 1.21. The van der Waals surface area contributed by atoms with Crippen LogP contribution in [0.25, 0.3) is 0 Å². The summed E-state index contributed by atoms with van der Waals surface area (Å²) in [5.41, 5.74) is 0. The van der Waals surface area contributed by atoms with Crippen molar-refractivity contribution in [3.05, 3.63) is 22.7 Å². The number of hydrogen-bond donors (Lipinski definition) is 0. The summed E-state index contributed by atoms with van der Waals surface area (Å²) in [4.78, 5) is 14.1. The van der Waals surface area contributed by atoms with Gasteiger partial charge >= 0.3 is 5.97 Å². The van der Waals surface area contributed by atoms with Gasteiger partial charge in [-0.05, 0) is 28.1 Å². The van der Waals surface area contributed by atoms with Gasteiger partial charge in [-0.1, -0.05) is 0 Å². The number of halogens is 2. The van der Waals surface area contributed by atoms with E-state index >= 15 is 0 Å². The van der Waals surface area contributed by atoms with Gasteiger partial charge in [-0.25, -0.2) is 0 Å². The van der Waals surface area contributed by atoms with Gasteiger partial charge in [0.15, 0.2) is 5.75 Å². The Hall–Kier alpha value is -1.10. The Morgan fingerprint density at radius 3 is 2.69 bits per heavy atom. The molecule has 1 aromatic rings. The molecule has 0 saturated heterocycles. The topological polar surface area (TPSA) is 35.5 Å². The Kier molecular flexibility index (Phi) is 3.25. The highest BCUT2D eigenvalue weighted by molar-refractivity contribution is 9.10. The van der Waals surface area contributed by atoms with E-state index in [1.165, 1.54) is 25.1 Å². The van der Waals surface area contributed by atoms with Gasteiger partial charge in [0.05, 0.1) is 4.47 Å². The number of hydrogen-bond acceptors (Lipinski definition) is 3. The highest BCUT2D eigenvalue weighted by atomic mass is 79.9. The van der Waals surface area contributed by atoms with Crippen molar-refractivity contribution >= 4 is 21.9 Å². The van der Waals surface area contributed by atoms with Crippen LogP contribution in [0.1, 0.15) is 6.92 Å². The normalized spacial score (nSPS) is 9.46. The van der Waals surface area contributed by atoms with E-state index in [0.29, 0.717) is 10.2 Å². The van der Waals surface area contributed by atoms with Crippen LogP contribution in [0.4, 0.5) is 4.53 Å². The second-order valence-corrected chi connectivity index (χ2v) is 3.12. The predicted octanol–water partition coefficient (Wildman–Crippen LogP) is 2.64. The molecule has 0 unspecified atom stereocenters. The molecule has 0 aromatic heterocycles. The molecule has 5 heteroatoms. The number of rotatable bonds is 2. The summed E-state index contributed by atoms with van der Waals surface area (Å²) >= 11 is 3.09. The van der Waals surface area contributed by atoms with Gasteiger partial charge in [0.1, 0.15) is 5.75 Å². The monoisotopic (exact) mass is 248 g/mol. The zero-order valence-corrected chi connectivity index (χ0v) is 8.30. The Morgan fingerprint density at radius 2 is 2.23 bits per heavy atom. The smallest absolute Gasteiger partial charge is 0.308 e. The first-order valence-electron chi connectivity index (χ1n) is 3.40. The molecule has 0 radical (unpaired) electrons. The summed E-state index contributed by atoms with van der Waals surface area (Å²) in [5, 5.41) is 0. The molecule has 0 heterocycles. The minimum absolute atomic E-state index is 0.0442. The summed E-state index contributed by atoms with van der Waals surface area (Å²) in [7, 11) is 0. The number of carbonyl (C=O) groups is 1. The van der Waals surface area contributed by atoms with Crippen LogP contribution in [0.2, 0.25) is 0 Å². The summed E-state index contributed by atoms with van der Waals surface area (Å²) in [6.07, 6.45) is 0. The summed E-state index contributed by atoms with van der Waals surface area (Å²) < 4.78 is 16.9. The van der Waals surface area contributed by atoms with Gasteiger partial charge in [0.2, 0.25) is 0 Å². The lowest BCUT2D eigenvalue weighted by atomic mass is 10.3. The predicted molar refractivity (Wildman–Crippen MR) is 47.2 cm³/mol. The molecular formula is C8H6BrFO3. The van der Waals surface area contributed by atoms with Crippen LogP contribution in [-0.2, 0) is 4.79 Å². The first-order chi connectivity index (χ1) is 6.13. The second kappa shape index (κ2) is 4.23. The van der Waals surface area contributed by atoms with E-state index in [-0.39, 0.29) is 5.75 Å². The van der Waals surface area contributed by atoms with Crippen molar-refractivity contribution in [2.24, 2.45) is 0 Å². The zero-order valence-electron chi connectivity index (χ0n) is 6.71. The molecule has 0 bridgehead atoms. The van der Waals surface area contributed by atoms with Gasteiger partial charge in [0.25, 0.3) is 0 Å². The van der Waals surface area contributed by atoms with E-state index in [2.05, 4.69) is 20.9 Å². The molecule has 0 atom stereocenters. The molecule has 13 heavy (non-hydrogen) atoms. The van der Waals surface area contributed by atoms with Gasteiger partial charge < -0.3 is 4.74 Å². The van der Waals surface area contributed by atoms with E-state index < -0.39 is 5.97 Å². The van der Waals surface area contributed by atoms with Crippen LogP contribution in [-0.4, -0.2) is 5.97 Å². The minimum atomic E-state index is -0.436. The Labute approximate surface area is 82.5 Å². The van der Waals surface area contributed by atoms with Crippen molar-refractivity contribution in [3.63, 3.8) is 0 Å². The molecule has 0 aliphatic carbocycles. The molecule has 0 amide bonds. The quantitative estimate of drug-likeness (QED) is 0.597. The molecule has 1 aromatic carbocycles. The first-order valence-corrected chi connectivity index (χ1v) is 4.19. The second-order valence-electron chi connectivity index (χ2n) is 2.26. The van der Waals surface area contributed by atoms with Crippen LogP contribution in [0, 0.1) is 0 Å². The van der Waals surface area contributed by atoms with E-state index in [1.807, 2.05) is 0 Å². The largest absolute Gasteiger partial charge is 0.426 e. The number of ether oxygens (including phenoxy) is 1. The van der Waals surface area contributed by atoms with Crippen LogP contribution in [0.3, 0.4) is 0 Å². The standard InChI is InChI=1S/C8H6BrFO3/c1-5(11)12-8-3-2-6(13-10)4-7(8)9/h2-4H,1H3. The van der Waals surface area contributed by atoms with Crippen LogP contribution >= 0.6 is 15.9 Å². The SMILES string of the molecule is CC(=O)Oc1ccc(OF)cc1Br. The van der Waals surface area contributed by atoms with Crippen molar-refractivity contribution in [1.29, 1.82) is 0 Å². The maximum absolute atomic E-state index is 11.7. The highest BCUT2D eigenvalue weighted by Gasteiger charge is 2.05. The van der Waals surface area contributed by atoms with E-state index in [0.717, 1.165) is 0 Å². The molecule has 0 fully saturated rings. The molecule has 0 spiro atoms. The van der Waals surface area contributed by atoms with Crippen molar-refractivity contribution in [1.82, 2.24) is 0 Å². The third kappa shape index (κ3) is 2.69. The summed E-state index contributed by atoms with van der Waals surface area (Å²) in [6.45, 7) is 1.28. The first kappa shape index (κ1) is 9.98. The Morgan fingerprint density at radius 1 is 1.54 bits per heavy atom. The van der Waals surface area contributed by atoms with Gasteiger partial charge in [-0.2, -0.15) is 0 Å². The lowest BCUT2D eigenvalue weighted by Crippen LogP contribution is -2.01. The van der Waals surface area contributed by atoms with Crippen LogP contribution in [0.15, 0.2) is 22.7 Å². The van der Waals surface area contributed by atoms with Crippen molar-refractivity contribution in [2.45, 2.75) is 6.92 Å². The molecule has 3 nitrogen and oxygen atoms in total. The van der Waals surface area contributed by atoms with Gasteiger partial charge in [-0.15, -0.1) is 0 Å². The fourth-order valence-electron chi connectivity index (χ4n) is 0.767. The molecule has 1 rings (SSSR count). The van der Waals surface area contributed by atoms with E-state index in [9.17, 15) is 9.32 Å². The molecule has 0 aliphatic rings. The van der Waals surface area contributed by atoms with Crippen molar-refractivity contribution in [2.75, 3.05) is 0 Å². The van der Waals surface area contributed by atoms with Crippen molar-refractivity contribution < 1.29 is 19.0 Å². The molecule has 0 N–H and O–H groups in total. The molecule has 70 valence electrons. The summed E-state index contributed by atoms with van der Waals surface area (Å²) in [5.74, 6) is -0.0642. The number of esters is 1. The fraction of sp³-hybridized carbons (Fsp3) is 0.125. The average Bonchev–Trinajstić information content (AvgIpc) is 2.08. The van der Waals surface area contributed by atoms with E-state index in [1.54, 1.807) is 0 Å². The number of carbonyl (C=O) groups excluding carboxylic acids is 1. The molecule has 0 saturated carbocycles. The highest BCUT2D eigenvalue weighted by Crippen LogP contribution is 2.29. The third-order valence-corrected chi connectivity index (χ3v) is 1.87. The van der Waals surface area contributed by atoms with E-state index in [4.69, 9.17) is 4.74 Å². The van der Waals surface area contributed by atoms with Crippen molar-refractivity contribution in [3.8, 4) is 11.5 Å². The summed E-state index contributed by atoms with van der Waals surface area (Å²) in [6, 6.07) is 4.14. The molecule has 0 aliphatic heterocycles. The zero-order chi connectivity index (χ0) is 9.84.